The van der Waals surface area contributed by atoms with Gasteiger partial charge in [-0.05, 0) is 24.3 Å². The van der Waals surface area contributed by atoms with Crippen molar-refractivity contribution in [3.8, 4) is 0 Å². The molecule has 0 amide bonds. The highest BCUT2D eigenvalue weighted by Gasteiger charge is 2.20. The number of halogens is 1. The third kappa shape index (κ3) is 2.09. The first kappa shape index (κ1) is 10.8. The summed E-state index contributed by atoms with van der Waals surface area (Å²) in [5.41, 5.74) is 0.705. The van der Waals surface area contributed by atoms with Crippen molar-refractivity contribution in [2.24, 2.45) is 10.1 Å². The second kappa shape index (κ2) is 4.40. The Morgan fingerprint density at radius 1 is 1.50 bits per heavy atom. The molecule has 1 heterocycles. The van der Waals surface area contributed by atoms with Gasteiger partial charge in [0.25, 0.3) is 0 Å². The predicted molar refractivity (Wildman–Crippen MR) is 60.7 cm³/mol. The molecule has 0 unspecified atom stereocenters. The molecule has 0 atom stereocenters. The zero-order valence-corrected chi connectivity index (χ0v) is 9.35. The van der Waals surface area contributed by atoms with Gasteiger partial charge >= 0.3 is 0 Å². The van der Waals surface area contributed by atoms with Crippen LogP contribution in [0.15, 0.2) is 34.4 Å². The number of rotatable bonds is 1. The quantitative estimate of drug-likeness (QED) is 0.353. The Kier molecular flexibility index (Phi) is 2.96. The first-order valence-electron chi connectivity index (χ1n) is 4.65. The molecule has 0 aromatic heterocycles. The molecule has 1 aromatic rings. The molecular formula is C10H10ClN3O2. The van der Waals surface area contributed by atoms with Gasteiger partial charge in [0.2, 0.25) is 11.7 Å². The maximum absolute atomic E-state index is 8.98. The van der Waals surface area contributed by atoms with Crippen LogP contribution in [0.2, 0.25) is 5.02 Å². The number of hydroxylamine groups is 2. The monoisotopic (exact) mass is 239 g/mol. The lowest BCUT2D eigenvalue weighted by molar-refractivity contribution is 0.0274. The Morgan fingerprint density at radius 2 is 2.19 bits per heavy atom. The average molecular weight is 240 g/mol. The highest BCUT2D eigenvalue weighted by Crippen LogP contribution is 2.14. The molecule has 16 heavy (non-hydrogen) atoms. The molecule has 6 heteroatoms. The minimum atomic E-state index is 0.303. The van der Waals surface area contributed by atoms with E-state index in [1.165, 1.54) is 5.06 Å². The number of aliphatic imine (C=N–C) groups is 1. The lowest BCUT2D eigenvalue weighted by Gasteiger charge is -2.16. The van der Waals surface area contributed by atoms with E-state index < -0.39 is 0 Å². The third-order valence-corrected chi connectivity index (χ3v) is 2.35. The van der Waals surface area contributed by atoms with Crippen LogP contribution in [0.5, 0.6) is 0 Å². The summed E-state index contributed by atoms with van der Waals surface area (Å²) < 4.78 is 0. The van der Waals surface area contributed by atoms with E-state index in [0.717, 1.165) is 0 Å². The second-order valence-electron chi connectivity index (χ2n) is 3.22. The molecule has 0 bridgehead atoms. The molecule has 0 radical (unpaired) electrons. The molecule has 84 valence electrons. The lowest BCUT2D eigenvalue weighted by Crippen LogP contribution is -2.29. The standard InChI is InChI=1S/C10H10ClN3O2/c1-7-12-6-14(16-7)10(13-15)8-2-4-9(11)5-3-8/h2-5,15H,6H2,1H3. The topological polar surface area (TPSA) is 57.4 Å². The van der Waals surface area contributed by atoms with Gasteiger partial charge < -0.3 is 10.0 Å². The van der Waals surface area contributed by atoms with Gasteiger partial charge in [-0.1, -0.05) is 16.8 Å². The minimum absolute atomic E-state index is 0.303. The van der Waals surface area contributed by atoms with E-state index >= 15 is 0 Å². The second-order valence-corrected chi connectivity index (χ2v) is 3.66. The van der Waals surface area contributed by atoms with Gasteiger partial charge in [0, 0.05) is 17.5 Å². The summed E-state index contributed by atoms with van der Waals surface area (Å²) in [7, 11) is 0. The minimum Gasteiger partial charge on any atom is -0.409 e. The van der Waals surface area contributed by atoms with E-state index in [-0.39, 0.29) is 0 Å². The zero-order chi connectivity index (χ0) is 11.5. The number of hydrogen-bond donors (Lipinski definition) is 1. The van der Waals surface area contributed by atoms with Crippen LogP contribution in [-0.2, 0) is 4.84 Å². The van der Waals surface area contributed by atoms with Crippen LogP contribution in [0, 0.1) is 0 Å². The number of hydrogen-bond acceptors (Lipinski definition) is 4. The number of nitrogens with zero attached hydrogens (tertiary/aromatic N) is 3. The summed E-state index contributed by atoms with van der Waals surface area (Å²) in [5, 5.41) is 14.2. The van der Waals surface area contributed by atoms with Crippen molar-refractivity contribution in [3.05, 3.63) is 34.9 Å². The van der Waals surface area contributed by atoms with Crippen LogP contribution in [0.25, 0.3) is 0 Å². The van der Waals surface area contributed by atoms with E-state index in [2.05, 4.69) is 10.1 Å². The maximum atomic E-state index is 8.98. The first-order chi connectivity index (χ1) is 7.70. The predicted octanol–water partition coefficient (Wildman–Crippen LogP) is 2.10. The van der Waals surface area contributed by atoms with Crippen molar-refractivity contribution >= 4 is 23.3 Å². The van der Waals surface area contributed by atoms with Gasteiger partial charge in [-0.15, -0.1) is 0 Å². The Labute approximate surface area is 97.6 Å². The molecule has 0 saturated heterocycles. The molecule has 1 aliphatic rings. The molecule has 1 N–H and O–H groups in total. The number of oxime groups is 1. The Balaban J connectivity index is 2.21. The van der Waals surface area contributed by atoms with Gasteiger partial charge in [-0.25, -0.2) is 4.99 Å². The summed E-state index contributed by atoms with van der Waals surface area (Å²) in [5.74, 6) is 0.840. The molecular weight excluding hydrogens is 230 g/mol. The van der Waals surface area contributed by atoms with E-state index in [4.69, 9.17) is 21.6 Å². The fraction of sp³-hybridized carbons (Fsp3) is 0.200. The SMILES string of the molecule is CC1=NCN(C(=NO)c2ccc(Cl)cc2)O1. The van der Waals surface area contributed by atoms with Gasteiger partial charge in [-0.2, -0.15) is 5.06 Å². The normalized spacial score (nSPS) is 16.0. The molecule has 0 aliphatic carbocycles. The third-order valence-electron chi connectivity index (χ3n) is 2.10. The highest BCUT2D eigenvalue weighted by molar-refractivity contribution is 6.30. The Morgan fingerprint density at radius 3 is 2.69 bits per heavy atom. The van der Waals surface area contributed by atoms with Gasteiger partial charge in [0.15, 0.2) is 6.67 Å². The van der Waals surface area contributed by atoms with Gasteiger partial charge in [0.05, 0.1) is 0 Å². The van der Waals surface area contributed by atoms with Crippen molar-refractivity contribution in [2.45, 2.75) is 6.92 Å². The first-order valence-corrected chi connectivity index (χ1v) is 5.03. The molecule has 0 fully saturated rings. The van der Waals surface area contributed by atoms with Crippen LogP contribution < -0.4 is 0 Å². The fourth-order valence-electron chi connectivity index (χ4n) is 1.34. The molecule has 0 saturated carbocycles. The van der Waals surface area contributed by atoms with E-state index in [1.807, 2.05) is 0 Å². The van der Waals surface area contributed by atoms with Crippen LogP contribution >= 0.6 is 11.6 Å². The molecule has 0 spiro atoms. The van der Waals surface area contributed by atoms with Crippen molar-refractivity contribution in [2.75, 3.05) is 6.67 Å². The van der Waals surface area contributed by atoms with Crippen LogP contribution in [0.4, 0.5) is 0 Å². The van der Waals surface area contributed by atoms with E-state index in [1.54, 1.807) is 31.2 Å². The summed E-state index contributed by atoms with van der Waals surface area (Å²) in [6.45, 7) is 2.05. The summed E-state index contributed by atoms with van der Waals surface area (Å²) in [6.07, 6.45) is 0. The van der Waals surface area contributed by atoms with Gasteiger partial charge in [-0.3, -0.25) is 0 Å². The van der Waals surface area contributed by atoms with Gasteiger partial charge in [0.1, 0.15) is 0 Å². The Bertz CT molecular complexity index is 442. The van der Waals surface area contributed by atoms with Crippen molar-refractivity contribution < 1.29 is 10.0 Å². The van der Waals surface area contributed by atoms with Crippen molar-refractivity contribution in [1.82, 2.24) is 5.06 Å². The highest BCUT2D eigenvalue weighted by atomic mass is 35.5. The fourth-order valence-corrected chi connectivity index (χ4v) is 1.47. The summed E-state index contributed by atoms with van der Waals surface area (Å²) in [6, 6.07) is 6.92. The smallest absolute Gasteiger partial charge is 0.216 e. The lowest BCUT2D eigenvalue weighted by atomic mass is 10.2. The molecule has 1 aliphatic heterocycles. The zero-order valence-electron chi connectivity index (χ0n) is 8.59. The maximum Gasteiger partial charge on any atom is 0.216 e. The van der Waals surface area contributed by atoms with Crippen LogP contribution in [0.3, 0.4) is 0 Å². The van der Waals surface area contributed by atoms with E-state index in [0.29, 0.717) is 29.0 Å². The van der Waals surface area contributed by atoms with Crippen molar-refractivity contribution in [3.63, 3.8) is 0 Å². The molecule has 1 aromatic carbocycles. The molecule has 5 nitrogen and oxygen atoms in total. The number of amidine groups is 1. The largest absolute Gasteiger partial charge is 0.409 e. The van der Waals surface area contributed by atoms with Crippen LogP contribution in [-0.4, -0.2) is 28.7 Å². The van der Waals surface area contributed by atoms with E-state index in [9.17, 15) is 0 Å². The molecule has 2 rings (SSSR count). The van der Waals surface area contributed by atoms with Crippen molar-refractivity contribution in [1.29, 1.82) is 0 Å². The summed E-state index contributed by atoms with van der Waals surface area (Å²) in [4.78, 5) is 9.29. The van der Waals surface area contributed by atoms with Crippen LogP contribution in [0.1, 0.15) is 12.5 Å². The summed E-state index contributed by atoms with van der Waals surface area (Å²) >= 11 is 5.77. The Hall–Kier alpha value is -1.75. The average Bonchev–Trinajstić information content (AvgIpc) is 2.69. The number of benzene rings is 1.